The van der Waals surface area contributed by atoms with Crippen LogP contribution >= 0.6 is 20.4 Å². The van der Waals surface area contributed by atoms with Gasteiger partial charge in [0.25, 0.3) is 14.5 Å². The van der Waals surface area contributed by atoms with Crippen molar-refractivity contribution in [2.75, 3.05) is 19.2 Å². The summed E-state index contributed by atoms with van der Waals surface area (Å²) in [6, 6.07) is 25.2. The van der Waals surface area contributed by atoms with E-state index in [9.17, 15) is 14.2 Å². The number of carbonyl (C=O) groups excluding carboxylic acids is 2. The molecule has 0 radical (unpaired) electrons. The fourth-order valence-electron chi connectivity index (χ4n) is 4.16. The van der Waals surface area contributed by atoms with E-state index in [0.29, 0.717) is 22.6 Å². The Hall–Kier alpha value is -5.29. The highest BCUT2D eigenvalue weighted by atomic mass is 32.2. The van der Waals surface area contributed by atoms with Crippen LogP contribution in [0, 0.1) is 5.41 Å². The summed E-state index contributed by atoms with van der Waals surface area (Å²) in [6.07, 6.45) is 7.07. The number of allylic oxidation sites excluding steroid dienone is 1. The number of nitrogens with two attached hydrogens (primary N) is 1. The first-order chi connectivity index (χ1) is 23.1. The van der Waals surface area contributed by atoms with Crippen LogP contribution in [0.4, 0.5) is 5.69 Å². The van der Waals surface area contributed by atoms with Crippen LogP contribution in [-0.4, -0.2) is 52.4 Å². The number of anilines is 1. The van der Waals surface area contributed by atoms with E-state index < -0.39 is 6.04 Å². The Labute approximate surface area is 288 Å². The van der Waals surface area contributed by atoms with Crippen molar-refractivity contribution in [2.45, 2.75) is 22.8 Å². The Morgan fingerprint density at radius 1 is 1.08 bits per heavy atom. The molecule has 252 valence electrons. The Bertz CT molecular complexity index is 1910. The SMILES string of the molecule is CNC(=O)c1ccccc1Sc1ccc(C(=N)/C=C/c2ccccn2)c(NP=O)c1.COC(=O)[C@H](C)N.Cn1ccc2cc(O)ccc21.[HH].[HH]. The van der Waals surface area contributed by atoms with Gasteiger partial charge in [0.2, 0.25) is 0 Å². The summed E-state index contributed by atoms with van der Waals surface area (Å²) in [6.45, 7) is 1.58. The molecule has 5 rings (SSSR count). The zero-order valence-corrected chi connectivity index (χ0v) is 28.6. The van der Waals surface area contributed by atoms with Crippen molar-refractivity contribution in [3.05, 3.63) is 120 Å². The van der Waals surface area contributed by atoms with Crippen molar-refractivity contribution in [1.82, 2.24) is 14.9 Å². The van der Waals surface area contributed by atoms with E-state index in [0.717, 1.165) is 26.4 Å². The van der Waals surface area contributed by atoms with Crippen molar-refractivity contribution in [1.29, 1.82) is 5.41 Å². The number of benzene rings is 3. The maximum atomic E-state index is 12.1. The zero-order chi connectivity index (χ0) is 35.1. The molecule has 2 aromatic heterocycles. The van der Waals surface area contributed by atoms with Gasteiger partial charge in [0.05, 0.1) is 29.8 Å². The zero-order valence-electron chi connectivity index (χ0n) is 26.9. The third-order valence-corrected chi connectivity index (χ3v) is 7.98. The van der Waals surface area contributed by atoms with Gasteiger partial charge in [-0.3, -0.25) is 14.6 Å². The van der Waals surface area contributed by atoms with Gasteiger partial charge in [0, 0.05) is 55.6 Å². The molecule has 6 N–H and O–H groups in total. The number of carbonyl (C=O) groups is 2. The second-order valence-corrected chi connectivity index (χ2v) is 11.6. The van der Waals surface area contributed by atoms with Gasteiger partial charge in [-0.25, -0.2) is 4.57 Å². The lowest BCUT2D eigenvalue weighted by Gasteiger charge is -2.11. The van der Waals surface area contributed by atoms with Gasteiger partial charge in [-0.15, -0.1) is 0 Å². The number of aryl methyl sites for hydroxylation is 1. The largest absolute Gasteiger partial charge is 0.508 e. The van der Waals surface area contributed by atoms with Crippen LogP contribution in [0.15, 0.2) is 113 Å². The standard InChI is InChI=1S/C22H19N4O2PS.C9H9NO.C4H9NO2.2H2/c1-24-22(27)18-7-2-3-8-21(18)30-16-10-11-17(20(14-16)26-29-28)19(23)12-9-15-6-4-5-13-25-15;1-10-5-4-7-6-8(11)2-3-9(7)10;1-3(5)4(6)7-2;;/h2-14,23H,1H3,(H,24,27)(H,26,28);2-6,11H,1H3;3H,5H2,1-2H3;2*1H/b12-9+,23-19?;;;;/t;;3-;;/m..0../s1. The predicted molar refractivity (Wildman–Crippen MR) is 196 cm³/mol. The smallest absolute Gasteiger partial charge is 0.322 e. The second-order valence-electron chi connectivity index (χ2n) is 10.1. The minimum Gasteiger partial charge on any atom is -0.508 e. The molecule has 3 aromatic carbocycles. The number of phenolic OH excluding ortho intramolecular Hbond substituents is 1. The summed E-state index contributed by atoms with van der Waals surface area (Å²) < 4.78 is 17.5. The first kappa shape index (κ1) is 37.2. The van der Waals surface area contributed by atoms with Crippen molar-refractivity contribution in [3.63, 3.8) is 0 Å². The number of rotatable bonds is 9. The monoisotopic (exact) mass is 688 g/mol. The van der Waals surface area contributed by atoms with Gasteiger partial charge < -0.3 is 36.0 Å². The van der Waals surface area contributed by atoms with E-state index in [2.05, 4.69) is 20.1 Å². The number of aromatic hydroxyl groups is 1. The minimum atomic E-state index is -0.495. The highest BCUT2D eigenvalue weighted by Gasteiger charge is 2.13. The molecule has 0 saturated heterocycles. The quantitative estimate of drug-likeness (QED) is 0.0611. The Morgan fingerprint density at radius 3 is 2.48 bits per heavy atom. The third-order valence-electron chi connectivity index (χ3n) is 6.58. The number of fused-ring (bicyclic) bond motifs is 1. The lowest BCUT2D eigenvalue weighted by Crippen LogP contribution is -2.27. The van der Waals surface area contributed by atoms with Gasteiger partial charge >= 0.3 is 5.97 Å². The number of pyridine rings is 1. The number of nitrogens with zero attached hydrogens (tertiary/aromatic N) is 2. The normalized spacial score (nSPS) is 11.1. The minimum absolute atomic E-state index is 0. The Kier molecular flexibility index (Phi) is 14.5. The van der Waals surface area contributed by atoms with Crippen LogP contribution in [0.3, 0.4) is 0 Å². The highest BCUT2D eigenvalue weighted by molar-refractivity contribution is 7.99. The molecule has 5 aromatic rings. The fourth-order valence-corrected chi connectivity index (χ4v) is 5.42. The van der Waals surface area contributed by atoms with E-state index in [-0.39, 0.29) is 29.1 Å². The van der Waals surface area contributed by atoms with Crippen LogP contribution in [0.2, 0.25) is 0 Å². The molecule has 0 spiro atoms. The summed E-state index contributed by atoms with van der Waals surface area (Å²) in [5, 5.41) is 24.0. The van der Waals surface area contributed by atoms with Gasteiger partial charge in [0.15, 0.2) is 0 Å². The average molecular weight is 689 g/mol. The first-order valence-electron chi connectivity index (χ1n) is 14.5. The lowest BCUT2D eigenvalue weighted by molar-refractivity contribution is -0.141. The summed E-state index contributed by atoms with van der Waals surface area (Å²) in [5.41, 5.74) is 8.96. The summed E-state index contributed by atoms with van der Waals surface area (Å²) in [4.78, 5) is 28.1. The molecule has 0 saturated carbocycles. The number of amides is 1. The summed E-state index contributed by atoms with van der Waals surface area (Å²) >= 11 is 1.42. The summed E-state index contributed by atoms with van der Waals surface area (Å²) in [5.74, 6) is -0.212. The third kappa shape index (κ3) is 10.9. The fraction of sp³-hybridized carbons (Fsp3) is 0.143. The Balaban J connectivity index is 0.000000512. The van der Waals surface area contributed by atoms with Crippen LogP contribution in [0.1, 0.15) is 31.4 Å². The molecule has 0 aliphatic rings. The van der Waals surface area contributed by atoms with Crippen molar-refractivity contribution < 1.29 is 26.9 Å². The number of aromatic nitrogens is 2. The Morgan fingerprint density at radius 2 is 1.83 bits per heavy atom. The molecule has 0 aliphatic heterocycles. The summed E-state index contributed by atoms with van der Waals surface area (Å²) in [7, 11) is 4.63. The van der Waals surface area contributed by atoms with Crippen molar-refractivity contribution in [2.24, 2.45) is 12.8 Å². The van der Waals surface area contributed by atoms with E-state index in [1.807, 2.05) is 78.5 Å². The molecule has 13 heteroatoms. The van der Waals surface area contributed by atoms with Crippen molar-refractivity contribution in [3.8, 4) is 5.75 Å². The van der Waals surface area contributed by atoms with Crippen LogP contribution in [0.5, 0.6) is 5.75 Å². The molecular formula is C35H41N6O5PS. The van der Waals surface area contributed by atoms with E-state index in [4.69, 9.17) is 16.2 Å². The molecular weight excluding hydrogens is 647 g/mol. The molecule has 1 atom stereocenters. The van der Waals surface area contributed by atoms with Crippen LogP contribution in [0.25, 0.3) is 17.0 Å². The van der Waals surface area contributed by atoms with E-state index in [1.165, 1.54) is 18.9 Å². The van der Waals surface area contributed by atoms with E-state index >= 15 is 0 Å². The highest BCUT2D eigenvalue weighted by Crippen LogP contribution is 2.34. The number of esters is 1. The van der Waals surface area contributed by atoms with Gasteiger partial charge in [0.1, 0.15) is 11.8 Å². The molecule has 11 nitrogen and oxygen atoms in total. The second kappa shape index (κ2) is 18.8. The number of ether oxygens (including phenoxy) is 1. The van der Waals surface area contributed by atoms with E-state index in [1.54, 1.807) is 56.6 Å². The van der Waals surface area contributed by atoms with Crippen LogP contribution in [-0.2, 0) is 21.1 Å². The van der Waals surface area contributed by atoms with Crippen LogP contribution < -0.4 is 16.1 Å². The van der Waals surface area contributed by atoms with Gasteiger partial charge in [-0.2, -0.15) is 0 Å². The van der Waals surface area contributed by atoms with Gasteiger partial charge in [-0.1, -0.05) is 30.0 Å². The maximum absolute atomic E-state index is 12.1. The lowest BCUT2D eigenvalue weighted by atomic mass is 10.1. The molecule has 0 aliphatic carbocycles. The number of phenols is 1. The number of nitrogens with one attached hydrogen (secondary N) is 3. The first-order valence-corrected chi connectivity index (χ1v) is 16.2. The van der Waals surface area contributed by atoms with Gasteiger partial charge in [-0.05, 0) is 85.8 Å². The predicted octanol–water partition coefficient (Wildman–Crippen LogP) is 7.17. The topological polar surface area (TPSA) is 172 Å². The molecule has 0 bridgehead atoms. The number of hydrogen-bond donors (Lipinski definition) is 5. The number of methoxy groups -OCH3 is 1. The molecule has 0 fully saturated rings. The molecule has 0 unspecified atom stereocenters. The molecule has 2 heterocycles. The molecule has 48 heavy (non-hydrogen) atoms. The number of hydrogen-bond acceptors (Lipinski definition) is 9. The molecule has 1 amide bonds. The van der Waals surface area contributed by atoms with Crippen molar-refractivity contribution >= 4 is 60.6 Å². The average Bonchev–Trinajstić information content (AvgIpc) is 3.47. The maximum Gasteiger partial charge on any atom is 0.322 e.